The predicted octanol–water partition coefficient (Wildman–Crippen LogP) is 20.8. The van der Waals surface area contributed by atoms with E-state index < -0.39 is 57.8 Å². The minimum atomic E-state index is -4.76. The van der Waals surface area contributed by atoms with Crippen LogP contribution >= 0.6 is 7.82 Å². The quantitative estimate of drug-likeness (QED) is 0.0197. The Morgan fingerprint density at radius 3 is 0.951 bits per heavy atom. The van der Waals surface area contributed by atoms with E-state index in [2.05, 4.69) is 93.7 Å². The van der Waals surface area contributed by atoms with Crippen molar-refractivity contribution in [2.45, 2.75) is 328 Å². The molecule has 476 valence electrons. The molecule has 0 aromatic rings. The van der Waals surface area contributed by atoms with E-state index in [9.17, 15) is 28.9 Å². The maximum atomic E-state index is 13.0. The second-order valence-corrected chi connectivity index (χ2v) is 24.1. The standard InChI is InChI=1S/C70H125O11P/c1-4-7-10-13-16-19-22-25-28-31-33-36-38-41-44-47-50-53-56-59-68(72)77-63-67(81-70(74)61-58-55-52-49-46-43-40-37-34-32-29-26-23-20-17-14-11-8-5-2)65-79-82(75,76)78-64-66(62-71)80-69(73)60-57-54-51-48-45-42-39-35-30-27-24-21-18-15-12-9-6-3/h16-17,19-20,25-30,34,37,66-67,71H,4-15,18,21-24,31-33,35-36,38-65H2,1-3H3,(H,75,76)/b19-16-,20-17-,28-25-,29-26-,30-27-,37-34-. The first-order valence-corrected chi connectivity index (χ1v) is 35.3. The minimum absolute atomic E-state index is 0.151. The molecule has 0 aromatic carbocycles. The number of hydrogen-bond acceptors (Lipinski definition) is 10. The van der Waals surface area contributed by atoms with E-state index in [0.717, 1.165) is 109 Å². The van der Waals surface area contributed by atoms with Gasteiger partial charge < -0.3 is 24.2 Å². The van der Waals surface area contributed by atoms with E-state index in [1.807, 2.05) is 0 Å². The fraction of sp³-hybridized carbons (Fsp3) is 0.786. The predicted molar refractivity (Wildman–Crippen MR) is 344 cm³/mol. The third-order valence-electron chi connectivity index (χ3n) is 14.6. The summed E-state index contributed by atoms with van der Waals surface area (Å²) >= 11 is 0. The maximum Gasteiger partial charge on any atom is 0.472 e. The average molecular weight is 1170 g/mol. The van der Waals surface area contributed by atoms with Gasteiger partial charge in [-0.05, 0) is 116 Å². The second kappa shape index (κ2) is 63.9. The molecule has 0 fully saturated rings. The third kappa shape index (κ3) is 61.5. The van der Waals surface area contributed by atoms with Gasteiger partial charge in [-0.1, -0.05) is 254 Å². The van der Waals surface area contributed by atoms with Gasteiger partial charge in [0.25, 0.3) is 0 Å². The van der Waals surface area contributed by atoms with E-state index in [1.165, 1.54) is 148 Å². The number of ether oxygens (including phenoxy) is 3. The van der Waals surface area contributed by atoms with E-state index in [1.54, 1.807) is 0 Å². The van der Waals surface area contributed by atoms with Gasteiger partial charge in [0.2, 0.25) is 0 Å². The summed E-state index contributed by atoms with van der Waals surface area (Å²) in [6.07, 6.45) is 74.1. The topological polar surface area (TPSA) is 155 Å². The molecule has 11 nitrogen and oxygen atoms in total. The smallest absolute Gasteiger partial charge is 0.462 e. The van der Waals surface area contributed by atoms with Gasteiger partial charge in [-0.15, -0.1) is 0 Å². The first-order chi connectivity index (χ1) is 40.2. The molecule has 2 N–H and O–H groups in total. The zero-order chi connectivity index (χ0) is 59.8. The Hall–Kier alpha value is -3.08. The van der Waals surface area contributed by atoms with E-state index >= 15 is 0 Å². The number of carbonyl (C=O) groups is 3. The molecule has 0 saturated heterocycles. The maximum absolute atomic E-state index is 13.0. The highest BCUT2D eigenvalue weighted by Crippen LogP contribution is 2.43. The van der Waals surface area contributed by atoms with E-state index in [0.29, 0.717) is 19.3 Å². The summed E-state index contributed by atoms with van der Waals surface area (Å²) < 4.78 is 39.8. The van der Waals surface area contributed by atoms with Crippen LogP contribution in [-0.2, 0) is 42.2 Å². The van der Waals surface area contributed by atoms with Crippen LogP contribution in [-0.4, -0.2) is 66.5 Å². The van der Waals surface area contributed by atoms with Crippen LogP contribution in [0.4, 0.5) is 0 Å². The molecule has 0 aliphatic carbocycles. The number of hydrogen-bond donors (Lipinski definition) is 2. The van der Waals surface area contributed by atoms with Gasteiger partial charge in [0.15, 0.2) is 6.10 Å². The van der Waals surface area contributed by atoms with Gasteiger partial charge in [0.1, 0.15) is 12.7 Å². The molecule has 0 heterocycles. The fourth-order valence-electron chi connectivity index (χ4n) is 9.39. The van der Waals surface area contributed by atoms with Crippen LogP contribution in [0, 0.1) is 0 Å². The summed E-state index contributed by atoms with van der Waals surface area (Å²) in [4.78, 5) is 48.9. The first kappa shape index (κ1) is 78.9. The Labute approximate surface area is 503 Å². The molecule has 0 saturated carbocycles. The van der Waals surface area contributed by atoms with Gasteiger partial charge in [0, 0.05) is 19.3 Å². The number of aliphatic hydroxyl groups is 1. The number of phosphoric ester groups is 1. The molecule has 0 bridgehead atoms. The van der Waals surface area contributed by atoms with Crippen molar-refractivity contribution in [1.29, 1.82) is 0 Å². The Bertz CT molecular complexity index is 1650. The lowest BCUT2D eigenvalue weighted by Gasteiger charge is -2.21. The van der Waals surface area contributed by atoms with Crippen LogP contribution in [0.5, 0.6) is 0 Å². The summed E-state index contributed by atoms with van der Waals surface area (Å²) in [5.41, 5.74) is 0. The summed E-state index contributed by atoms with van der Waals surface area (Å²) in [6.45, 7) is 4.62. The molecule has 3 unspecified atom stereocenters. The lowest BCUT2D eigenvalue weighted by atomic mass is 10.1. The Kier molecular flexibility index (Phi) is 61.5. The molecule has 0 aliphatic heterocycles. The summed E-state index contributed by atoms with van der Waals surface area (Å²) in [5.74, 6) is -1.47. The molecular weight excluding hydrogens is 1050 g/mol. The lowest BCUT2D eigenvalue weighted by Crippen LogP contribution is -2.30. The Morgan fingerprint density at radius 1 is 0.341 bits per heavy atom. The first-order valence-electron chi connectivity index (χ1n) is 33.8. The van der Waals surface area contributed by atoms with Crippen molar-refractivity contribution in [3.8, 4) is 0 Å². The van der Waals surface area contributed by atoms with Crippen molar-refractivity contribution < 1.29 is 52.2 Å². The monoisotopic (exact) mass is 1170 g/mol. The van der Waals surface area contributed by atoms with Gasteiger partial charge in [-0.3, -0.25) is 23.4 Å². The molecule has 0 radical (unpaired) electrons. The molecule has 12 heteroatoms. The third-order valence-corrected chi connectivity index (χ3v) is 15.5. The lowest BCUT2D eigenvalue weighted by molar-refractivity contribution is -0.161. The molecular formula is C70H125O11P. The van der Waals surface area contributed by atoms with Crippen molar-refractivity contribution in [1.82, 2.24) is 0 Å². The van der Waals surface area contributed by atoms with Crippen LogP contribution in [0.15, 0.2) is 72.9 Å². The molecule has 0 rings (SSSR count). The van der Waals surface area contributed by atoms with E-state index in [4.69, 9.17) is 23.3 Å². The van der Waals surface area contributed by atoms with Gasteiger partial charge >= 0.3 is 25.7 Å². The highest BCUT2D eigenvalue weighted by Gasteiger charge is 2.28. The van der Waals surface area contributed by atoms with E-state index in [-0.39, 0.29) is 25.9 Å². The number of phosphoric acid groups is 1. The van der Waals surface area contributed by atoms with Gasteiger partial charge in [0.05, 0.1) is 19.8 Å². The van der Waals surface area contributed by atoms with Crippen molar-refractivity contribution in [2.24, 2.45) is 0 Å². The minimum Gasteiger partial charge on any atom is -0.462 e. The largest absolute Gasteiger partial charge is 0.472 e. The second-order valence-electron chi connectivity index (χ2n) is 22.6. The Morgan fingerprint density at radius 2 is 0.598 bits per heavy atom. The normalized spacial score (nSPS) is 13.7. The summed E-state index contributed by atoms with van der Waals surface area (Å²) in [6, 6.07) is 0. The molecule has 0 aliphatic rings. The van der Waals surface area contributed by atoms with Crippen molar-refractivity contribution in [3.05, 3.63) is 72.9 Å². The zero-order valence-corrected chi connectivity index (χ0v) is 53.8. The number of aliphatic hydroxyl groups excluding tert-OH is 1. The average Bonchev–Trinajstić information content (AvgIpc) is 3.50. The van der Waals surface area contributed by atoms with Gasteiger partial charge in [-0.25, -0.2) is 4.57 Å². The molecule has 0 amide bonds. The molecule has 3 atom stereocenters. The van der Waals surface area contributed by atoms with Crippen molar-refractivity contribution >= 4 is 25.7 Å². The number of rotatable bonds is 63. The Balaban J connectivity index is 4.71. The van der Waals surface area contributed by atoms with Crippen molar-refractivity contribution in [2.75, 3.05) is 26.4 Å². The SMILES string of the molecule is CCCCC/C=C\C/C=C\C/C=C\CCCCCCCCC(=O)OC(COC(=O)CCCCCCCCCCC/C=C\C/C=C\CCCCC)COP(=O)(O)OCC(CO)OC(=O)CCCCCCCCC/C=C\CCCCCCCC. The van der Waals surface area contributed by atoms with Gasteiger partial charge in [-0.2, -0.15) is 0 Å². The van der Waals surface area contributed by atoms with Crippen LogP contribution in [0.1, 0.15) is 316 Å². The molecule has 82 heavy (non-hydrogen) atoms. The highest BCUT2D eigenvalue weighted by molar-refractivity contribution is 7.47. The molecule has 0 spiro atoms. The summed E-state index contributed by atoms with van der Waals surface area (Å²) in [5, 5.41) is 9.87. The number of allylic oxidation sites excluding steroid dienone is 12. The van der Waals surface area contributed by atoms with Crippen LogP contribution < -0.4 is 0 Å². The molecule has 0 aromatic heterocycles. The van der Waals surface area contributed by atoms with Crippen LogP contribution in [0.3, 0.4) is 0 Å². The van der Waals surface area contributed by atoms with Crippen LogP contribution in [0.25, 0.3) is 0 Å². The van der Waals surface area contributed by atoms with Crippen LogP contribution in [0.2, 0.25) is 0 Å². The van der Waals surface area contributed by atoms with Crippen molar-refractivity contribution in [3.63, 3.8) is 0 Å². The number of carbonyl (C=O) groups excluding carboxylic acids is 3. The number of unbranched alkanes of at least 4 members (excludes halogenated alkanes) is 34. The number of esters is 3. The highest BCUT2D eigenvalue weighted by atomic mass is 31.2. The summed E-state index contributed by atoms with van der Waals surface area (Å²) in [7, 11) is -4.76. The fourth-order valence-corrected chi connectivity index (χ4v) is 10.2. The zero-order valence-electron chi connectivity index (χ0n) is 53.0.